The van der Waals surface area contributed by atoms with Crippen LogP contribution in [0.3, 0.4) is 0 Å². The minimum Gasteiger partial charge on any atom is -0.290 e. The van der Waals surface area contributed by atoms with E-state index in [2.05, 4.69) is 41.5 Å². The zero-order chi connectivity index (χ0) is 25.4. The van der Waals surface area contributed by atoms with Crippen LogP contribution >= 0.6 is 0 Å². The molecule has 0 saturated heterocycles. The lowest BCUT2D eigenvalue weighted by Crippen LogP contribution is -2.00. The number of ketones is 1. The van der Waals surface area contributed by atoms with E-state index in [9.17, 15) is 4.79 Å². The van der Waals surface area contributed by atoms with Crippen molar-refractivity contribution in [1.82, 2.24) is 0 Å². The minimum atomic E-state index is 0.241. The number of hydrogen-bond acceptors (Lipinski definition) is 1. The van der Waals surface area contributed by atoms with Gasteiger partial charge in [-0.2, -0.15) is 0 Å². The molecule has 1 nitrogen and oxygen atoms in total. The molecule has 0 atom stereocenters. The molecule has 0 spiro atoms. The van der Waals surface area contributed by atoms with E-state index in [0.29, 0.717) is 11.8 Å². The third-order valence-corrected chi connectivity index (χ3v) is 6.74. The highest BCUT2D eigenvalue weighted by Crippen LogP contribution is 2.22. The third-order valence-electron chi connectivity index (χ3n) is 6.74. The first-order chi connectivity index (χ1) is 16.4. The molecule has 200 valence electrons. The largest absolute Gasteiger partial charge is 0.290 e. The molecule has 0 rings (SSSR count). The Kier molecular flexibility index (Phi) is 23.3. The van der Waals surface area contributed by atoms with Crippen LogP contribution in [-0.2, 0) is 4.79 Å². The lowest BCUT2D eigenvalue weighted by molar-refractivity contribution is -0.110. The van der Waals surface area contributed by atoms with E-state index in [1.54, 1.807) is 0 Å². The Morgan fingerprint density at radius 3 is 1.09 bits per heavy atom. The molecular weight excluding hydrogens is 412 g/mol. The molecule has 34 heavy (non-hydrogen) atoms. The summed E-state index contributed by atoms with van der Waals surface area (Å²) in [5.41, 5.74) is 2.75. The first kappa shape index (κ1) is 33.1. The van der Waals surface area contributed by atoms with Crippen LogP contribution in [0.5, 0.6) is 0 Å². The van der Waals surface area contributed by atoms with E-state index in [4.69, 9.17) is 0 Å². The second-order valence-corrected chi connectivity index (χ2v) is 11.7. The van der Waals surface area contributed by atoms with Gasteiger partial charge >= 0.3 is 0 Å². The van der Waals surface area contributed by atoms with Gasteiger partial charge < -0.3 is 0 Å². The predicted octanol–water partition coefficient (Wildman–Crippen LogP) is 11.6. The van der Waals surface area contributed by atoms with Crippen molar-refractivity contribution >= 4 is 5.78 Å². The minimum absolute atomic E-state index is 0.241. The molecule has 0 saturated carbocycles. The lowest BCUT2D eigenvalue weighted by atomic mass is 9.94. The SMILES string of the molecule is CCCCCCCCCCC(=CC(=O)C=C(CCCCCCCCCC)CC(C)C)CC(C)C. The first-order valence-electron chi connectivity index (χ1n) is 15.3. The van der Waals surface area contributed by atoms with Crippen LogP contribution in [0.25, 0.3) is 0 Å². The van der Waals surface area contributed by atoms with Gasteiger partial charge in [0.05, 0.1) is 0 Å². The molecule has 0 bridgehead atoms. The summed E-state index contributed by atoms with van der Waals surface area (Å²) < 4.78 is 0. The van der Waals surface area contributed by atoms with Gasteiger partial charge in [0.15, 0.2) is 5.78 Å². The zero-order valence-electron chi connectivity index (χ0n) is 24.4. The van der Waals surface area contributed by atoms with Crippen molar-refractivity contribution < 1.29 is 4.79 Å². The van der Waals surface area contributed by atoms with Crippen molar-refractivity contribution in [2.75, 3.05) is 0 Å². The summed E-state index contributed by atoms with van der Waals surface area (Å²) in [5, 5.41) is 0. The normalized spacial score (nSPS) is 12.8. The van der Waals surface area contributed by atoms with Gasteiger partial charge in [0.25, 0.3) is 0 Å². The van der Waals surface area contributed by atoms with E-state index < -0.39 is 0 Å². The van der Waals surface area contributed by atoms with Crippen molar-refractivity contribution in [3.05, 3.63) is 23.3 Å². The number of unbranched alkanes of at least 4 members (excludes halogenated alkanes) is 14. The third kappa shape index (κ3) is 22.9. The van der Waals surface area contributed by atoms with E-state index >= 15 is 0 Å². The van der Waals surface area contributed by atoms with Gasteiger partial charge in [-0.15, -0.1) is 0 Å². The van der Waals surface area contributed by atoms with Crippen LogP contribution in [0.1, 0.15) is 170 Å². The van der Waals surface area contributed by atoms with Crippen LogP contribution in [0.2, 0.25) is 0 Å². The van der Waals surface area contributed by atoms with E-state index in [1.807, 2.05) is 12.2 Å². The maximum absolute atomic E-state index is 12.9. The molecular formula is C33H62O. The maximum Gasteiger partial charge on any atom is 0.178 e. The van der Waals surface area contributed by atoms with Crippen LogP contribution in [0.4, 0.5) is 0 Å². The molecule has 0 aliphatic rings. The molecule has 0 aliphatic heterocycles. The van der Waals surface area contributed by atoms with Gasteiger partial charge in [-0.05, 0) is 62.5 Å². The molecule has 0 aromatic carbocycles. The Morgan fingerprint density at radius 1 is 0.500 bits per heavy atom. The molecule has 0 N–H and O–H groups in total. The first-order valence-corrected chi connectivity index (χ1v) is 15.3. The molecule has 0 heterocycles. The molecule has 0 fully saturated rings. The van der Waals surface area contributed by atoms with Gasteiger partial charge in [0.1, 0.15) is 0 Å². The Bertz CT molecular complexity index is 477. The van der Waals surface area contributed by atoms with Gasteiger partial charge in [-0.3, -0.25) is 4.79 Å². The summed E-state index contributed by atoms with van der Waals surface area (Å²) in [6.07, 6.45) is 29.9. The highest BCUT2D eigenvalue weighted by atomic mass is 16.1. The molecule has 0 amide bonds. The van der Waals surface area contributed by atoms with E-state index in [0.717, 1.165) is 25.7 Å². The van der Waals surface area contributed by atoms with Crippen molar-refractivity contribution in [2.24, 2.45) is 11.8 Å². The summed E-state index contributed by atoms with van der Waals surface area (Å²) in [4.78, 5) is 12.9. The number of allylic oxidation sites excluding steroid dienone is 4. The average Bonchev–Trinajstić information content (AvgIpc) is 2.76. The molecule has 0 unspecified atom stereocenters. The van der Waals surface area contributed by atoms with Crippen molar-refractivity contribution in [3.63, 3.8) is 0 Å². The monoisotopic (exact) mass is 474 g/mol. The van der Waals surface area contributed by atoms with Crippen molar-refractivity contribution in [1.29, 1.82) is 0 Å². The van der Waals surface area contributed by atoms with Gasteiger partial charge in [-0.25, -0.2) is 0 Å². The highest BCUT2D eigenvalue weighted by Gasteiger charge is 2.08. The lowest BCUT2D eigenvalue weighted by Gasteiger charge is -2.12. The molecule has 0 aromatic rings. The molecule has 1 heteroatoms. The molecule has 0 aromatic heterocycles. The summed E-state index contributed by atoms with van der Waals surface area (Å²) in [6.45, 7) is 13.6. The second kappa shape index (κ2) is 23.9. The number of carbonyl (C=O) groups is 1. The number of rotatable bonds is 24. The van der Waals surface area contributed by atoms with Crippen LogP contribution < -0.4 is 0 Å². The summed E-state index contributed by atoms with van der Waals surface area (Å²) >= 11 is 0. The fraction of sp³-hybridized carbons (Fsp3) is 0.848. The molecule has 0 aliphatic carbocycles. The summed E-state index contributed by atoms with van der Waals surface area (Å²) in [5.74, 6) is 1.47. The Morgan fingerprint density at radius 2 is 0.794 bits per heavy atom. The van der Waals surface area contributed by atoms with E-state index in [-0.39, 0.29) is 5.78 Å². The summed E-state index contributed by atoms with van der Waals surface area (Å²) in [7, 11) is 0. The topological polar surface area (TPSA) is 17.1 Å². The van der Waals surface area contributed by atoms with Crippen LogP contribution in [-0.4, -0.2) is 5.78 Å². The quantitative estimate of drug-likeness (QED) is 0.100. The van der Waals surface area contributed by atoms with Gasteiger partial charge in [0.2, 0.25) is 0 Å². The summed E-state index contributed by atoms with van der Waals surface area (Å²) in [6, 6.07) is 0. The van der Waals surface area contributed by atoms with Gasteiger partial charge in [-0.1, -0.05) is 143 Å². The number of hydrogen-bond donors (Lipinski definition) is 0. The fourth-order valence-electron chi connectivity index (χ4n) is 4.93. The van der Waals surface area contributed by atoms with E-state index in [1.165, 1.54) is 114 Å². The Hall–Kier alpha value is -0.850. The fourth-order valence-corrected chi connectivity index (χ4v) is 4.93. The van der Waals surface area contributed by atoms with Crippen LogP contribution in [0, 0.1) is 11.8 Å². The Labute approximate surface area is 215 Å². The standard InChI is InChI=1S/C33H62O/c1-7-9-11-13-15-17-19-21-23-31(25-29(3)4)27-33(34)28-32(26-30(5)6)24-22-20-18-16-14-12-10-8-2/h27-30H,7-26H2,1-6H3. The smallest absolute Gasteiger partial charge is 0.178 e. The molecule has 0 radical (unpaired) electrons. The van der Waals surface area contributed by atoms with Crippen molar-refractivity contribution in [3.8, 4) is 0 Å². The van der Waals surface area contributed by atoms with Gasteiger partial charge in [0, 0.05) is 0 Å². The van der Waals surface area contributed by atoms with Crippen molar-refractivity contribution in [2.45, 2.75) is 170 Å². The predicted molar refractivity (Wildman–Crippen MR) is 155 cm³/mol. The number of carbonyl (C=O) groups excluding carboxylic acids is 1. The highest BCUT2D eigenvalue weighted by molar-refractivity contribution is 6.00. The second-order valence-electron chi connectivity index (χ2n) is 11.7. The zero-order valence-corrected chi connectivity index (χ0v) is 24.4. The Balaban J connectivity index is 4.62. The average molecular weight is 475 g/mol. The van der Waals surface area contributed by atoms with Crippen LogP contribution in [0.15, 0.2) is 23.3 Å². The maximum atomic E-state index is 12.9.